The molecule has 142 valence electrons. The first kappa shape index (κ1) is 17.9. The molecule has 0 saturated carbocycles. The summed E-state index contributed by atoms with van der Waals surface area (Å²) in [6.45, 7) is 4.41. The molecular weight excluding hydrogens is 376 g/mol. The Morgan fingerprint density at radius 1 is 1.27 bits per heavy atom. The highest BCUT2D eigenvalue weighted by atomic mass is 32.2. The Morgan fingerprint density at radius 3 is 2.77 bits per heavy atom. The van der Waals surface area contributed by atoms with Crippen molar-refractivity contribution in [3.05, 3.63) is 23.0 Å². The molecular formula is C16H22N4O4S2. The van der Waals surface area contributed by atoms with Crippen molar-refractivity contribution in [3.8, 4) is 0 Å². The number of hydrogen-bond donors (Lipinski definition) is 0. The average Bonchev–Trinajstić information content (AvgIpc) is 3.19. The largest absolute Gasteiger partial charge is 0.379 e. The van der Waals surface area contributed by atoms with E-state index in [1.807, 2.05) is 17.5 Å². The highest BCUT2D eigenvalue weighted by Gasteiger charge is 2.37. The van der Waals surface area contributed by atoms with E-state index in [1.54, 1.807) is 11.1 Å². The molecule has 2 aliphatic rings. The number of amides is 1. The molecule has 0 aliphatic carbocycles. The van der Waals surface area contributed by atoms with Gasteiger partial charge in [0.15, 0.2) is 4.96 Å². The Bertz CT molecular complexity index is 882. The first-order valence-electron chi connectivity index (χ1n) is 8.76. The van der Waals surface area contributed by atoms with Gasteiger partial charge in [0.25, 0.3) is 5.91 Å². The molecule has 2 fully saturated rings. The quantitative estimate of drug-likeness (QED) is 0.769. The Balaban J connectivity index is 1.50. The van der Waals surface area contributed by atoms with Crippen LogP contribution in [0.25, 0.3) is 4.96 Å². The summed E-state index contributed by atoms with van der Waals surface area (Å²) in [5, 5.41) is -0.537. The van der Waals surface area contributed by atoms with Crippen LogP contribution in [0.15, 0.2) is 12.4 Å². The van der Waals surface area contributed by atoms with Crippen LogP contribution < -0.4 is 0 Å². The number of morpholine rings is 1. The summed E-state index contributed by atoms with van der Waals surface area (Å²) in [7, 11) is -3.41. The van der Waals surface area contributed by atoms with Crippen molar-refractivity contribution in [1.29, 1.82) is 0 Å². The van der Waals surface area contributed by atoms with E-state index in [0.29, 0.717) is 50.6 Å². The van der Waals surface area contributed by atoms with E-state index in [2.05, 4.69) is 4.98 Å². The van der Waals surface area contributed by atoms with Gasteiger partial charge in [-0.15, -0.1) is 0 Å². The van der Waals surface area contributed by atoms with Gasteiger partial charge in [-0.2, -0.15) is 4.31 Å². The van der Waals surface area contributed by atoms with E-state index in [-0.39, 0.29) is 12.5 Å². The monoisotopic (exact) mass is 398 g/mol. The number of fused-ring (bicyclic) bond motifs is 1. The summed E-state index contributed by atoms with van der Waals surface area (Å²) in [6, 6.07) is 0. The Hall–Kier alpha value is -1.49. The fourth-order valence-corrected chi connectivity index (χ4v) is 6.44. The number of thiazole rings is 1. The Labute approximate surface area is 156 Å². The van der Waals surface area contributed by atoms with Gasteiger partial charge in [-0.3, -0.25) is 9.20 Å². The van der Waals surface area contributed by atoms with Gasteiger partial charge in [-0.1, -0.05) is 11.3 Å². The van der Waals surface area contributed by atoms with Crippen LogP contribution in [-0.4, -0.2) is 77.6 Å². The topological polar surface area (TPSA) is 84.2 Å². The Kier molecular flexibility index (Phi) is 4.76. The summed E-state index contributed by atoms with van der Waals surface area (Å²) in [6.07, 6.45) is 4.95. The third kappa shape index (κ3) is 3.26. The van der Waals surface area contributed by atoms with Crippen LogP contribution in [0.4, 0.5) is 0 Å². The van der Waals surface area contributed by atoms with Crippen molar-refractivity contribution < 1.29 is 17.9 Å². The van der Waals surface area contributed by atoms with E-state index in [4.69, 9.17) is 4.74 Å². The number of imidazole rings is 1. The molecule has 26 heavy (non-hydrogen) atoms. The fourth-order valence-electron chi connectivity index (χ4n) is 3.55. The number of hydrogen-bond acceptors (Lipinski definition) is 6. The maximum atomic E-state index is 12.9. The maximum Gasteiger partial charge on any atom is 0.265 e. The lowest BCUT2D eigenvalue weighted by Gasteiger charge is -2.36. The SMILES string of the molecule is Cc1cn2cc(C(=O)N3CCC[C@H](S(=O)(=O)N4CCOCC4)C3)sc2n1. The van der Waals surface area contributed by atoms with Crippen LogP contribution in [0.1, 0.15) is 28.2 Å². The lowest BCUT2D eigenvalue weighted by atomic mass is 10.1. The van der Waals surface area contributed by atoms with Crippen LogP contribution in [0.2, 0.25) is 0 Å². The van der Waals surface area contributed by atoms with Gasteiger partial charge < -0.3 is 9.64 Å². The van der Waals surface area contributed by atoms with Crippen molar-refractivity contribution in [2.24, 2.45) is 0 Å². The third-order valence-electron chi connectivity index (χ3n) is 4.90. The van der Waals surface area contributed by atoms with Crippen LogP contribution in [-0.2, 0) is 14.8 Å². The summed E-state index contributed by atoms with van der Waals surface area (Å²) < 4.78 is 34.4. The second kappa shape index (κ2) is 6.91. The molecule has 2 aromatic heterocycles. The molecule has 1 amide bonds. The van der Waals surface area contributed by atoms with Crippen LogP contribution in [0.5, 0.6) is 0 Å². The standard InChI is InChI=1S/C16H22N4O4S2/c1-12-9-19-11-14(25-16(19)17-12)15(21)18-4-2-3-13(10-18)26(22,23)20-5-7-24-8-6-20/h9,11,13H,2-8,10H2,1H3/t13-/m0/s1. The molecule has 2 aromatic rings. The van der Waals surface area contributed by atoms with Crippen molar-refractivity contribution in [2.75, 3.05) is 39.4 Å². The van der Waals surface area contributed by atoms with Gasteiger partial charge in [0.1, 0.15) is 4.88 Å². The smallest absolute Gasteiger partial charge is 0.265 e. The van der Waals surface area contributed by atoms with Gasteiger partial charge in [0, 0.05) is 38.6 Å². The van der Waals surface area contributed by atoms with Crippen molar-refractivity contribution in [1.82, 2.24) is 18.6 Å². The first-order chi connectivity index (χ1) is 12.4. The lowest BCUT2D eigenvalue weighted by molar-refractivity contribution is 0.0688. The van der Waals surface area contributed by atoms with Crippen LogP contribution in [0, 0.1) is 6.92 Å². The van der Waals surface area contributed by atoms with E-state index in [1.165, 1.54) is 15.6 Å². The molecule has 0 bridgehead atoms. The normalized spacial score (nSPS) is 22.8. The third-order valence-corrected chi connectivity index (χ3v) is 8.20. The molecule has 4 heterocycles. The van der Waals surface area contributed by atoms with Crippen LogP contribution in [0.3, 0.4) is 0 Å². The van der Waals surface area contributed by atoms with E-state index < -0.39 is 15.3 Å². The fraction of sp³-hybridized carbons (Fsp3) is 0.625. The highest BCUT2D eigenvalue weighted by molar-refractivity contribution is 7.89. The number of sulfonamides is 1. The summed E-state index contributed by atoms with van der Waals surface area (Å²) >= 11 is 1.34. The lowest BCUT2D eigenvalue weighted by Crippen LogP contribution is -2.51. The summed E-state index contributed by atoms with van der Waals surface area (Å²) in [4.78, 5) is 20.3. The summed E-state index contributed by atoms with van der Waals surface area (Å²) in [5.41, 5.74) is 0.907. The molecule has 0 spiro atoms. The number of ether oxygens (including phenoxy) is 1. The minimum atomic E-state index is -3.41. The van der Waals surface area contributed by atoms with E-state index in [0.717, 1.165) is 10.7 Å². The van der Waals surface area contributed by atoms with Gasteiger partial charge in [0.2, 0.25) is 10.0 Å². The molecule has 1 atom stereocenters. The predicted molar refractivity (Wildman–Crippen MR) is 98.0 cm³/mol. The average molecular weight is 399 g/mol. The second-order valence-corrected chi connectivity index (χ2v) is 9.96. The first-order valence-corrected chi connectivity index (χ1v) is 11.1. The maximum absolute atomic E-state index is 12.9. The molecule has 0 N–H and O–H groups in total. The van der Waals surface area contributed by atoms with Crippen molar-refractivity contribution >= 4 is 32.2 Å². The predicted octanol–water partition coefficient (Wildman–Crippen LogP) is 0.971. The molecule has 2 saturated heterocycles. The number of carbonyl (C=O) groups excluding carboxylic acids is 1. The molecule has 4 rings (SSSR count). The number of likely N-dealkylation sites (tertiary alicyclic amines) is 1. The molecule has 8 nitrogen and oxygen atoms in total. The minimum Gasteiger partial charge on any atom is -0.379 e. The number of carbonyl (C=O) groups is 1. The molecule has 10 heteroatoms. The number of piperidine rings is 1. The highest BCUT2D eigenvalue weighted by Crippen LogP contribution is 2.25. The molecule has 2 aliphatic heterocycles. The number of aromatic nitrogens is 2. The Morgan fingerprint density at radius 2 is 2.04 bits per heavy atom. The van der Waals surface area contributed by atoms with Gasteiger partial charge in [-0.05, 0) is 19.8 Å². The number of rotatable bonds is 3. The van der Waals surface area contributed by atoms with Gasteiger partial charge >= 0.3 is 0 Å². The zero-order valence-corrected chi connectivity index (χ0v) is 16.3. The molecule has 0 radical (unpaired) electrons. The van der Waals surface area contributed by atoms with Crippen molar-refractivity contribution in [3.63, 3.8) is 0 Å². The van der Waals surface area contributed by atoms with Gasteiger partial charge in [0.05, 0.1) is 24.2 Å². The zero-order chi connectivity index (χ0) is 18.3. The van der Waals surface area contributed by atoms with Gasteiger partial charge in [-0.25, -0.2) is 13.4 Å². The molecule has 0 unspecified atom stereocenters. The van der Waals surface area contributed by atoms with E-state index in [9.17, 15) is 13.2 Å². The molecule has 0 aromatic carbocycles. The van der Waals surface area contributed by atoms with E-state index >= 15 is 0 Å². The minimum absolute atomic E-state index is 0.111. The van der Waals surface area contributed by atoms with Crippen molar-refractivity contribution in [2.45, 2.75) is 25.0 Å². The number of nitrogens with zero attached hydrogens (tertiary/aromatic N) is 4. The van der Waals surface area contributed by atoms with Crippen LogP contribution >= 0.6 is 11.3 Å². The summed E-state index contributed by atoms with van der Waals surface area (Å²) in [5.74, 6) is -0.111. The number of aryl methyl sites for hydroxylation is 1. The second-order valence-electron chi connectivity index (χ2n) is 6.74. The zero-order valence-electron chi connectivity index (χ0n) is 14.6.